The topological polar surface area (TPSA) is 51.5 Å². The van der Waals surface area contributed by atoms with Crippen LogP contribution in [0.2, 0.25) is 0 Å². The van der Waals surface area contributed by atoms with E-state index in [1.54, 1.807) is 18.9 Å². The molecule has 0 fully saturated rings. The van der Waals surface area contributed by atoms with Gasteiger partial charge in [0.25, 0.3) is 0 Å². The Bertz CT molecular complexity index is 1210. The summed E-state index contributed by atoms with van der Waals surface area (Å²) in [7, 11) is 1.68. The highest BCUT2D eigenvalue weighted by Gasteiger charge is 2.20. The third kappa shape index (κ3) is 3.47. The highest BCUT2D eigenvalue weighted by Crippen LogP contribution is 2.40. The molecule has 0 spiro atoms. The van der Waals surface area contributed by atoms with Gasteiger partial charge in [-0.1, -0.05) is 36.4 Å². The van der Waals surface area contributed by atoms with E-state index in [0.29, 0.717) is 0 Å². The highest BCUT2D eigenvalue weighted by molar-refractivity contribution is 7.98. The molecule has 0 unspecified atom stereocenters. The molecule has 5 heteroatoms. The Balaban J connectivity index is 2.10. The fourth-order valence-corrected chi connectivity index (χ4v) is 4.90. The van der Waals surface area contributed by atoms with Crippen LogP contribution in [-0.2, 0) is 17.8 Å². The van der Waals surface area contributed by atoms with Crippen LogP contribution in [0.4, 0.5) is 0 Å². The number of carbonyl (C=O) groups is 1. The van der Waals surface area contributed by atoms with E-state index in [-0.39, 0.29) is 6.42 Å². The van der Waals surface area contributed by atoms with Gasteiger partial charge in [0, 0.05) is 27.7 Å². The van der Waals surface area contributed by atoms with Crippen LogP contribution >= 0.6 is 11.8 Å². The monoisotopic (exact) mass is 405 g/mol. The Hall–Kier alpha value is -2.92. The number of aromatic nitrogens is 1. The second-order valence-electron chi connectivity index (χ2n) is 7.13. The largest absolute Gasteiger partial charge is 0.497 e. The molecule has 0 saturated carbocycles. The number of fused-ring (bicyclic) bond motifs is 3. The molecule has 0 aliphatic heterocycles. The summed E-state index contributed by atoms with van der Waals surface area (Å²) in [5.41, 5.74) is 5.37. The van der Waals surface area contributed by atoms with E-state index in [2.05, 4.69) is 35.8 Å². The Labute approximate surface area is 174 Å². The van der Waals surface area contributed by atoms with Crippen molar-refractivity contribution >= 4 is 39.5 Å². The van der Waals surface area contributed by atoms with Gasteiger partial charge in [-0.25, -0.2) is 0 Å². The molecule has 0 amide bonds. The molecule has 0 aliphatic rings. The molecular formula is C24H23NO3S. The number of hydrogen-bond donors (Lipinski definition) is 1. The van der Waals surface area contributed by atoms with Gasteiger partial charge in [-0.2, -0.15) is 0 Å². The lowest BCUT2D eigenvalue weighted by Gasteiger charge is -2.14. The summed E-state index contributed by atoms with van der Waals surface area (Å²) in [6.45, 7) is 2.78. The number of hydrogen-bond acceptors (Lipinski definition) is 3. The lowest BCUT2D eigenvalue weighted by molar-refractivity contribution is -0.136. The first-order chi connectivity index (χ1) is 14.0. The van der Waals surface area contributed by atoms with Gasteiger partial charge in [0.15, 0.2) is 0 Å². The van der Waals surface area contributed by atoms with Crippen LogP contribution in [-0.4, -0.2) is 29.0 Å². The van der Waals surface area contributed by atoms with Crippen LogP contribution in [0.25, 0.3) is 21.8 Å². The summed E-state index contributed by atoms with van der Waals surface area (Å²) < 4.78 is 7.79. The molecule has 0 aliphatic carbocycles. The first-order valence-electron chi connectivity index (χ1n) is 9.45. The van der Waals surface area contributed by atoms with Crippen LogP contribution in [0.1, 0.15) is 16.7 Å². The lowest BCUT2D eigenvalue weighted by atomic mass is 10.0. The zero-order valence-corrected chi connectivity index (χ0v) is 17.5. The average molecular weight is 406 g/mol. The van der Waals surface area contributed by atoms with Crippen molar-refractivity contribution in [1.29, 1.82) is 0 Å². The molecule has 0 bridgehead atoms. The molecule has 4 rings (SSSR count). The Kier molecular flexibility index (Phi) is 5.24. The molecule has 4 nitrogen and oxygen atoms in total. The number of carboxylic acids is 1. The van der Waals surface area contributed by atoms with Crippen LogP contribution in [0.3, 0.4) is 0 Å². The van der Waals surface area contributed by atoms with Crippen molar-refractivity contribution in [3.63, 3.8) is 0 Å². The maximum atomic E-state index is 11.5. The molecule has 0 saturated heterocycles. The number of benzene rings is 3. The second-order valence-corrected chi connectivity index (χ2v) is 7.95. The van der Waals surface area contributed by atoms with Crippen molar-refractivity contribution in [3.05, 3.63) is 71.3 Å². The second kappa shape index (κ2) is 7.84. The van der Waals surface area contributed by atoms with Crippen LogP contribution in [0, 0.1) is 6.92 Å². The zero-order valence-electron chi connectivity index (χ0n) is 16.7. The average Bonchev–Trinajstić information content (AvgIpc) is 3.02. The van der Waals surface area contributed by atoms with Gasteiger partial charge in [0.1, 0.15) is 5.75 Å². The first-order valence-corrected chi connectivity index (χ1v) is 10.7. The molecule has 3 aromatic carbocycles. The van der Waals surface area contributed by atoms with Crippen LogP contribution < -0.4 is 4.74 Å². The number of methoxy groups -OCH3 is 1. The van der Waals surface area contributed by atoms with Crippen molar-refractivity contribution in [1.82, 2.24) is 4.57 Å². The van der Waals surface area contributed by atoms with Gasteiger partial charge in [-0.3, -0.25) is 4.79 Å². The predicted molar refractivity (Wildman–Crippen MR) is 119 cm³/mol. The first kappa shape index (κ1) is 19.4. The fraction of sp³-hybridized carbons (Fsp3) is 0.208. The van der Waals surface area contributed by atoms with Crippen LogP contribution in [0.5, 0.6) is 5.75 Å². The van der Waals surface area contributed by atoms with Gasteiger partial charge < -0.3 is 14.4 Å². The van der Waals surface area contributed by atoms with E-state index in [9.17, 15) is 9.90 Å². The number of rotatable bonds is 6. The molecule has 148 valence electrons. The summed E-state index contributed by atoms with van der Waals surface area (Å²) >= 11 is 1.61. The van der Waals surface area contributed by atoms with Gasteiger partial charge in [-0.15, -0.1) is 11.8 Å². The highest BCUT2D eigenvalue weighted by atomic mass is 32.2. The maximum absolute atomic E-state index is 11.5. The summed E-state index contributed by atoms with van der Waals surface area (Å²) in [6.07, 6.45) is 2.03. The zero-order chi connectivity index (χ0) is 20.5. The van der Waals surface area contributed by atoms with Gasteiger partial charge in [0.2, 0.25) is 0 Å². The number of thioether (sulfide) groups is 1. The van der Waals surface area contributed by atoms with Crippen LogP contribution in [0.15, 0.2) is 59.5 Å². The summed E-state index contributed by atoms with van der Waals surface area (Å²) in [5.74, 6) is 0.00224. The normalized spacial score (nSPS) is 11.3. The van der Waals surface area contributed by atoms with E-state index < -0.39 is 5.97 Å². The number of aliphatic carboxylic acids is 1. The number of carboxylic acid groups (broad SMARTS) is 1. The molecule has 1 N–H and O–H groups in total. The summed E-state index contributed by atoms with van der Waals surface area (Å²) in [6, 6.07) is 18.5. The summed E-state index contributed by atoms with van der Waals surface area (Å²) in [4.78, 5) is 12.5. The van der Waals surface area contributed by atoms with E-state index >= 15 is 0 Å². The van der Waals surface area contributed by atoms with E-state index in [1.807, 2.05) is 36.6 Å². The van der Waals surface area contributed by atoms with E-state index in [1.165, 1.54) is 5.56 Å². The van der Waals surface area contributed by atoms with Gasteiger partial charge in [-0.05, 0) is 48.1 Å². The van der Waals surface area contributed by atoms with Crippen molar-refractivity contribution in [2.45, 2.75) is 24.8 Å². The molecule has 4 aromatic rings. The SMILES string of the molecule is COc1ccc2c(c1)c1c(C)cc(CC(=O)O)c(SC)c1n2Cc1ccccc1. The van der Waals surface area contributed by atoms with Gasteiger partial charge in [0.05, 0.1) is 19.0 Å². The third-order valence-electron chi connectivity index (χ3n) is 5.29. The van der Waals surface area contributed by atoms with E-state index in [0.717, 1.165) is 50.1 Å². The minimum absolute atomic E-state index is 0.0170. The molecule has 1 aromatic heterocycles. The van der Waals surface area contributed by atoms with Crippen molar-refractivity contribution in [2.24, 2.45) is 0 Å². The van der Waals surface area contributed by atoms with E-state index in [4.69, 9.17) is 4.74 Å². The Morgan fingerprint density at radius 3 is 2.55 bits per heavy atom. The molecule has 29 heavy (non-hydrogen) atoms. The van der Waals surface area contributed by atoms with Crippen molar-refractivity contribution in [3.8, 4) is 5.75 Å². The molecule has 1 heterocycles. The number of ether oxygens (including phenoxy) is 1. The molecule has 0 atom stereocenters. The number of nitrogens with zero attached hydrogens (tertiary/aromatic N) is 1. The van der Waals surface area contributed by atoms with Crippen molar-refractivity contribution in [2.75, 3.05) is 13.4 Å². The maximum Gasteiger partial charge on any atom is 0.307 e. The predicted octanol–water partition coefficient (Wildman–Crippen LogP) is 5.51. The fourth-order valence-electron chi connectivity index (χ4n) is 4.10. The third-order valence-corrected chi connectivity index (χ3v) is 6.16. The molecule has 0 radical (unpaired) electrons. The minimum atomic E-state index is -0.813. The Morgan fingerprint density at radius 2 is 1.90 bits per heavy atom. The number of aryl methyl sites for hydroxylation is 1. The summed E-state index contributed by atoms with van der Waals surface area (Å²) in [5, 5.41) is 11.7. The van der Waals surface area contributed by atoms with Crippen molar-refractivity contribution < 1.29 is 14.6 Å². The Morgan fingerprint density at radius 1 is 1.14 bits per heavy atom. The smallest absolute Gasteiger partial charge is 0.307 e. The van der Waals surface area contributed by atoms with Gasteiger partial charge >= 0.3 is 5.97 Å². The quantitative estimate of drug-likeness (QED) is 0.430. The minimum Gasteiger partial charge on any atom is -0.497 e. The lowest BCUT2D eigenvalue weighted by Crippen LogP contribution is -2.05. The standard InChI is InChI=1S/C24H23NO3S/c1-15-11-17(12-21(26)27)24(29-3)23-22(15)19-13-18(28-2)9-10-20(19)25(23)14-16-7-5-4-6-8-16/h4-11,13H,12,14H2,1-3H3,(H,26,27). The molecular weight excluding hydrogens is 382 g/mol.